The Bertz CT molecular complexity index is 433. The number of likely N-dealkylation sites (N-methyl/N-ethyl adjacent to an activating group) is 1. The average Bonchev–Trinajstić information content (AvgIpc) is 2.43. The SMILES string of the molecule is COc1ccc(NCC(=O)N(C)C(C)C)cc1OC. The molecule has 1 rings (SSSR count). The van der Waals surface area contributed by atoms with Crippen molar-refractivity contribution in [3.05, 3.63) is 18.2 Å². The van der Waals surface area contributed by atoms with Crippen molar-refractivity contribution in [1.82, 2.24) is 4.90 Å². The van der Waals surface area contributed by atoms with Crippen LogP contribution >= 0.6 is 0 Å². The first kappa shape index (κ1) is 15.1. The van der Waals surface area contributed by atoms with Gasteiger partial charge in [-0.3, -0.25) is 4.79 Å². The number of ether oxygens (including phenoxy) is 2. The Morgan fingerprint density at radius 1 is 1.26 bits per heavy atom. The predicted octanol–water partition coefficient (Wildman–Crippen LogP) is 1.98. The van der Waals surface area contributed by atoms with Crippen LogP contribution < -0.4 is 14.8 Å². The predicted molar refractivity (Wildman–Crippen MR) is 75.9 cm³/mol. The molecule has 1 aromatic rings. The standard InChI is InChI=1S/C14H22N2O3/c1-10(2)16(3)14(17)9-15-11-6-7-12(18-4)13(8-11)19-5/h6-8,10,15H,9H2,1-5H3. The summed E-state index contributed by atoms with van der Waals surface area (Å²) < 4.78 is 10.4. The van der Waals surface area contributed by atoms with E-state index in [1.807, 2.05) is 26.0 Å². The number of nitrogens with zero attached hydrogens (tertiary/aromatic N) is 1. The van der Waals surface area contributed by atoms with E-state index in [2.05, 4.69) is 5.32 Å². The summed E-state index contributed by atoms with van der Waals surface area (Å²) in [6.45, 7) is 4.22. The molecule has 19 heavy (non-hydrogen) atoms. The number of amides is 1. The minimum atomic E-state index is 0.0461. The Balaban J connectivity index is 2.66. The molecule has 0 aromatic heterocycles. The molecule has 106 valence electrons. The number of methoxy groups -OCH3 is 2. The first-order valence-electron chi connectivity index (χ1n) is 6.21. The zero-order valence-electron chi connectivity index (χ0n) is 12.2. The minimum Gasteiger partial charge on any atom is -0.493 e. The number of rotatable bonds is 6. The van der Waals surface area contributed by atoms with Crippen molar-refractivity contribution >= 4 is 11.6 Å². The quantitative estimate of drug-likeness (QED) is 0.855. The molecule has 0 spiro atoms. The fourth-order valence-corrected chi connectivity index (χ4v) is 1.54. The second-order valence-corrected chi connectivity index (χ2v) is 4.52. The molecule has 1 amide bonds. The van der Waals surface area contributed by atoms with Crippen LogP contribution in [0.4, 0.5) is 5.69 Å². The van der Waals surface area contributed by atoms with Gasteiger partial charge in [0, 0.05) is 24.8 Å². The highest BCUT2D eigenvalue weighted by Crippen LogP contribution is 2.29. The van der Waals surface area contributed by atoms with E-state index in [9.17, 15) is 4.79 Å². The normalized spacial score (nSPS) is 10.2. The van der Waals surface area contributed by atoms with Crippen LogP contribution in [-0.4, -0.2) is 44.7 Å². The average molecular weight is 266 g/mol. The van der Waals surface area contributed by atoms with Gasteiger partial charge in [-0.05, 0) is 26.0 Å². The molecule has 0 fully saturated rings. The Labute approximate surface area is 114 Å². The molecule has 0 unspecified atom stereocenters. The number of carbonyl (C=O) groups is 1. The van der Waals surface area contributed by atoms with Gasteiger partial charge in [0.25, 0.3) is 0 Å². The van der Waals surface area contributed by atoms with Gasteiger partial charge in [0.15, 0.2) is 11.5 Å². The molecule has 0 heterocycles. The Hall–Kier alpha value is -1.91. The lowest BCUT2D eigenvalue weighted by Gasteiger charge is -2.22. The number of carbonyl (C=O) groups excluding carboxylic acids is 1. The molecule has 1 N–H and O–H groups in total. The van der Waals surface area contributed by atoms with Crippen molar-refractivity contribution in [2.75, 3.05) is 33.1 Å². The fourth-order valence-electron chi connectivity index (χ4n) is 1.54. The summed E-state index contributed by atoms with van der Waals surface area (Å²) in [4.78, 5) is 13.5. The van der Waals surface area contributed by atoms with E-state index in [1.54, 1.807) is 32.2 Å². The molecule has 0 atom stereocenters. The van der Waals surface area contributed by atoms with Crippen LogP contribution in [0.15, 0.2) is 18.2 Å². The molecular formula is C14H22N2O3. The van der Waals surface area contributed by atoms with Gasteiger partial charge < -0.3 is 19.7 Å². The highest BCUT2D eigenvalue weighted by molar-refractivity contribution is 5.81. The summed E-state index contributed by atoms with van der Waals surface area (Å²) in [7, 11) is 4.97. The maximum Gasteiger partial charge on any atom is 0.241 e. The van der Waals surface area contributed by atoms with Gasteiger partial charge in [-0.15, -0.1) is 0 Å². The van der Waals surface area contributed by atoms with Crippen LogP contribution in [0.3, 0.4) is 0 Å². The second kappa shape index (κ2) is 6.87. The molecule has 0 saturated heterocycles. The first-order chi connectivity index (χ1) is 8.99. The molecule has 0 aliphatic heterocycles. The Morgan fingerprint density at radius 3 is 2.42 bits per heavy atom. The lowest BCUT2D eigenvalue weighted by molar-refractivity contribution is -0.129. The summed E-state index contributed by atoms with van der Waals surface area (Å²) >= 11 is 0. The van der Waals surface area contributed by atoms with E-state index in [4.69, 9.17) is 9.47 Å². The summed E-state index contributed by atoms with van der Waals surface area (Å²) in [5.74, 6) is 1.35. The topological polar surface area (TPSA) is 50.8 Å². The van der Waals surface area contributed by atoms with Gasteiger partial charge in [0.2, 0.25) is 5.91 Å². The van der Waals surface area contributed by atoms with Gasteiger partial charge in [-0.1, -0.05) is 0 Å². The smallest absolute Gasteiger partial charge is 0.241 e. The van der Waals surface area contributed by atoms with E-state index in [1.165, 1.54) is 0 Å². The number of nitrogens with one attached hydrogen (secondary N) is 1. The largest absolute Gasteiger partial charge is 0.493 e. The van der Waals surface area contributed by atoms with Crippen molar-refractivity contribution in [3.8, 4) is 11.5 Å². The van der Waals surface area contributed by atoms with Crippen molar-refractivity contribution in [2.45, 2.75) is 19.9 Å². The van der Waals surface area contributed by atoms with Crippen LogP contribution in [0.5, 0.6) is 11.5 Å². The monoisotopic (exact) mass is 266 g/mol. The number of benzene rings is 1. The maximum absolute atomic E-state index is 11.8. The van der Waals surface area contributed by atoms with Crippen LogP contribution in [0.2, 0.25) is 0 Å². The summed E-state index contributed by atoms with van der Waals surface area (Å²) in [5.41, 5.74) is 0.822. The fraction of sp³-hybridized carbons (Fsp3) is 0.500. The highest BCUT2D eigenvalue weighted by Gasteiger charge is 2.11. The van der Waals surface area contributed by atoms with Gasteiger partial charge in [0.05, 0.1) is 20.8 Å². The zero-order valence-corrected chi connectivity index (χ0v) is 12.2. The van der Waals surface area contributed by atoms with E-state index in [-0.39, 0.29) is 18.5 Å². The van der Waals surface area contributed by atoms with E-state index in [0.29, 0.717) is 11.5 Å². The van der Waals surface area contributed by atoms with Crippen LogP contribution in [0.1, 0.15) is 13.8 Å². The van der Waals surface area contributed by atoms with Crippen LogP contribution in [0.25, 0.3) is 0 Å². The summed E-state index contributed by atoms with van der Waals surface area (Å²) in [6, 6.07) is 5.66. The third kappa shape index (κ3) is 4.05. The Morgan fingerprint density at radius 2 is 1.89 bits per heavy atom. The Kier molecular flexibility index (Phi) is 5.48. The van der Waals surface area contributed by atoms with Crippen molar-refractivity contribution < 1.29 is 14.3 Å². The minimum absolute atomic E-state index is 0.0461. The van der Waals surface area contributed by atoms with E-state index >= 15 is 0 Å². The summed E-state index contributed by atoms with van der Waals surface area (Å²) in [6.07, 6.45) is 0. The van der Waals surface area contributed by atoms with Crippen LogP contribution in [0, 0.1) is 0 Å². The lowest BCUT2D eigenvalue weighted by Crippen LogP contribution is -2.37. The van der Waals surface area contributed by atoms with Crippen molar-refractivity contribution in [3.63, 3.8) is 0 Å². The number of hydrogen-bond donors (Lipinski definition) is 1. The van der Waals surface area contributed by atoms with Gasteiger partial charge in [0.1, 0.15) is 0 Å². The third-order valence-corrected chi connectivity index (χ3v) is 3.00. The molecular weight excluding hydrogens is 244 g/mol. The van der Waals surface area contributed by atoms with E-state index in [0.717, 1.165) is 5.69 Å². The molecule has 0 bridgehead atoms. The third-order valence-electron chi connectivity index (χ3n) is 3.00. The van der Waals surface area contributed by atoms with Crippen molar-refractivity contribution in [1.29, 1.82) is 0 Å². The first-order valence-corrected chi connectivity index (χ1v) is 6.21. The second-order valence-electron chi connectivity index (χ2n) is 4.52. The molecule has 1 aromatic carbocycles. The van der Waals surface area contributed by atoms with Crippen molar-refractivity contribution in [2.24, 2.45) is 0 Å². The molecule has 0 saturated carbocycles. The molecule has 0 radical (unpaired) electrons. The number of hydrogen-bond acceptors (Lipinski definition) is 4. The molecule has 0 aliphatic rings. The molecule has 0 aliphatic carbocycles. The summed E-state index contributed by atoms with van der Waals surface area (Å²) in [5, 5.41) is 3.08. The lowest BCUT2D eigenvalue weighted by atomic mass is 10.2. The van der Waals surface area contributed by atoms with E-state index < -0.39 is 0 Å². The number of anilines is 1. The van der Waals surface area contributed by atoms with Crippen LogP contribution in [-0.2, 0) is 4.79 Å². The van der Waals surface area contributed by atoms with Gasteiger partial charge in [-0.25, -0.2) is 0 Å². The molecule has 5 nitrogen and oxygen atoms in total. The van der Waals surface area contributed by atoms with Gasteiger partial charge in [-0.2, -0.15) is 0 Å². The molecule has 5 heteroatoms. The van der Waals surface area contributed by atoms with Gasteiger partial charge >= 0.3 is 0 Å². The zero-order chi connectivity index (χ0) is 14.4. The maximum atomic E-state index is 11.8. The highest BCUT2D eigenvalue weighted by atomic mass is 16.5.